The smallest absolute Gasteiger partial charge is 0.261 e. The summed E-state index contributed by atoms with van der Waals surface area (Å²) >= 11 is 1.43. The molecule has 1 amide bonds. The van der Waals surface area contributed by atoms with Crippen molar-refractivity contribution in [1.29, 1.82) is 0 Å². The molecular weight excluding hydrogens is 386 g/mol. The zero-order valence-electron chi connectivity index (χ0n) is 14.8. The minimum Gasteiger partial charge on any atom is -0.378 e. The number of amides is 1. The van der Waals surface area contributed by atoms with Gasteiger partial charge in [0, 0.05) is 42.7 Å². The van der Waals surface area contributed by atoms with Gasteiger partial charge in [0.15, 0.2) is 9.84 Å². The molecule has 0 bridgehead atoms. The monoisotopic (exact) mass is 407 g/mol. The quantitative estimate of drug-likeness (QED) is 0.828. The largest absolute Gasteiger partial charge is 0.378 e. The fourth-order valence-corrected chi connectivity index (χ4v) is 6.20. The number of hydrogen-bond acceptors (Lipinski definition) is 7. The van der Waals surface area contributed by atoms with E-state index in [4.69, 9.17) is 4.74 Å². The Balaban J connectivity index is 1.61. The van der Waals surface area contributed by atoms with Crippen molar-refractivity contribution in [3.05, 3.63) is 35.5 Å². The topological polar surface area (TPSA) is 88.6 Å². The Morgan fingerprint density at radius 2 is 2.15 bits per heavy atom. The van der Waals surface area contributed by atoms with Gasteiger partial charge >= 0.3 is 0 Å². The van der Waals surface area contributed by atoms with Gasteiger partial charge in [-0.25, -0.2) is 8.42 Å². The lowest BCUT2D eigenvalue weighted by atomic mass is 10.1. The normalized spacial score (nSPS) is 21.9. The fourth-order valence-electron chi connectivity index (χ4n) is 3.39. The Morgan fingerprint density at radius 1 is 1.33 bits per heavy atom. The molecule has 2 fully saturated rings. The van der Waals surface area contributed by atoms with Crippen LogP contribution in [0.5, 0.6) is 0 Å². The minimum absolute atomic E-state index is 0.0237. The van der Waals surface area contributed by atoms with Crippen LogP contribution in [0.15, 0.2) is 30.6 Å². The van der Waals surface area contributed by atoms with E-state index in [2.05, 4.69) is 15.2 Å². The SMILES string of the molecule is O=C(N[C@@H]1CCS(=O)(=O)C1)c1cc(-c2cccnc2)c(N2CCOCC2)s1. The summed E-state index contributed by atoms with van der Waals surface area (Å²) in [6.45, 7) is 2.86. The molecule has 2 aromatic heterocycles. The van der Waals surface area contributed by atoms with Crippen molar-refractivity contribution >= 4 is 32.1 Å². The lowest BCUT2D eigenvalue weighted by molar-refractivity contribution is 0.0945. The van der Waals surface area contributed by atoms with Gasteiger partial charge < -0.3 is 15.0 Å². The third-order valence-electron chi connectivity index (χ3n) is 4.77. The van der Waals surface area contributed by atoms with Crippen LogP contribution in [0.1, 0.15) is 16.1 Å². The number of rotatable bonds is 4. The molecule has 1 atom stereocenters. The molecule has 0 radical (unpaired) electrons. The van der Waals surface area contributed by atoms with Gasteiger partial charge in [-0.1, -0.05) is 6.07 Å². The van der Waals surface area contributed by atoms with Crippen LogP contribution < -0.4 is 10.2 Å². The van der Waals surface area contributed by atoms with Gasteiger partial charge in [0.25, 0.3) is 5.91 Å². The molecule has 7 nitrogen and oxygen atoms in total. The average Bonchev–Trinajstić information content (AvgIpc) is 3.27. The number of hydrogen-bond donors (Lipinski definition) is 1. The molecule has 4 rings (SSSR count). The number of aromatic nitrogens is 1. The maximum Gasteiger partial charge on any atom is 0.261 e. The summed E-state index contributed by atoms with van der Waals surface area (Å²) < 4.78 is 28.7. The van der Waals surface area contributed by atoms with Gasteiger partial charge in [-0.3, -0.25) is 9.78 Å². The number of carbonyl (C=O) groups excluding carboxylic acids is 1. The maximum atomic E-state index is 12.7. The lowest BCUT2D eigenvalue weighted by Crippen LogP contribution is -2.36. The first-order valence-corrected chi connectivity index (χ1v) is 11.5. The molecular formula is C18H21N3O4S2. The number of nitrogens with one attached hydrogen (secondary N) is 1. The highest BCUT2D eigenvalue weighted by molar-refractivity contribution is 7.91. The van der Waals surface area contributed by atoms with Crippen molar-refractivity contribution < 1.29 is 17.9 Å². The first kappa shape index (κ1) is 18.4. The van der Waals surface area contributed by atoms with Gasteiger partial charge in [0.1, 0.15) is 0 Å². The summed E-state index contributed by atoms with van der Waals surface area (Å²) in [5, 5.41) is 3.90. The van der Waals surface area contributed by atoms with E-state index < -0.39 is 9.84 Å². The Labute approximate surface area is 162 Å². The van der Waals surface area contributed by atoms with Crippen LogP contribution in [0, 0.1) is 0 Å². The summed E-state index contributed by atoms with van der Waals surface area (Å²) in [4.78, 5) is 19.7. The molecule has 2 aromatic rings. The fraction of sp³-hybridized carbons (Fsp3) is 0.444. The van der Waals surface area contributed by atoms with Crippen molar-refractivity contribution in [3.8, 4) is 11.1 Å². The third kappa shape index (κ3) is 4.15. The van der Waals surface area contributed by atoms with Crippen LogP contribution in [0.4, 0.5) is 5.00 Å². The molecule has 2 aliphatic heterocycles. The minimum atomic E-state index is -3.03. The Morgan fingerprint density at radius 3 is 2.81 bits per heavy atom. The van der Waals surface area contributed by atoms with E-state index in [0.717, 1.165) is 29.2 Å². The molecule has 0 saturated carbocycles. The van der Waals surface area contributed by atoms with E-state index in [1.165, 1.54) is 11.3 Å². The van der Waals surface area contributed by atoms with Crippen molar-refractivity contribution in [2.75, 3.05) is 42.7 Å². The number of carbonyl (C=O) groups is 1. The number of pyridine rings is 1. The molecule has 9 heteroatoms. The standard InChI is InChI=1S/C18H21N3O4S2/c22-17(20-14-3-9-27(23,24)12-14)16-10-15(13-2-1-4-19-11-13)18(26-16)21-5-7-25-8-6-21/h1-2,4,10-11,14H,3,5-9,12H2,(H,20,22)/t14-/m1/s1. The number of thiophene rings is 1. The molecule has 1 N–H and O–H groups in total. The summed E-state index contributed by atoms with van der Waals surface area (Å²) in [6, 6.07) is 5.42. The van der Waals surface area contributed by atoms with Gasteiger partial charge in [0.2, 0.25) is 0 Å². The van der Waals surface area contributed by atoms with E-state index in [0.29, 0.717) is 24.5 Å². The van der Waals surface area contributed by atoms with Crippen LogP contribution in [0.3, 0.4) is 0 Å². The van der Waals surface area contributed by atoms with Gasteiger partial charge in [-0.15, -0.1) is 11.3 Å². The van der Waals surface area contributed by atoms with E-state index >= 15 is 0 Å². The van der Waals surface area contributed by atoms with E-state index in [1.54, 1.807) is 12.4 Å². The van der Waals surface area contributed by atoms with Crippen LogP contribution in [-0.4, -0.2) is 63.2 Å². The summed E-state index contributed by atoms with van der Waals surface area (Å²) in [7, 11) is -3.03. The average molecular weight is 408 g/mol. The van der Waals surface area contributed by atoms with Crippen molar-refractivity contribution in [1.82, 2.24) is 10.3 Å². The van der Waals surface area contributed by atoms with E-state index in [9.17, 15) is 13.2 Å². The number of anilines is 1. The van der Waals surface area contributed by atoms with Crippen LogP contribution in [-0.2, 0) is 14.6 Å². The first-order valence-electron chi connectivity index (χ1n) is 8.90. The Hall–Kier alpha value is -1.97. The van der Waals surface area contributed by atoms with E-state index in [1.807, 2.05) is 18.2 Å². The number of ether oxygens (including phenoxy) is 1. The van der Waals surface area contributed by atoms with Gasteiger partial charge in [0.05, 0.1) is 34.6 Å². The molecule has 0 aliphatic carbocycles. The van der Waals surface area contributed by atoms with Crippen molar-refractivity contribution in [2.45, 2.75) is 12.5 Å². The highest BCUT2D eigenvalue weighted by Gasteiger charge is 2.30. The summed E-state index contributed by atoms with van der Waals surface area (Å²) in [5.74, 6) is -0.0510. The third-order valence-corrected chi connectivity index (χ3v) is 7.74. The molecule has 2 saturated heterocycles. The second-order valence-electron chi connectivity index (χ2n) is 6.74. The Kier molecular flexibility index (Phi) is 5.16. The van der Waals surface area contributed by atoms with Crippen LogP contribution in [0.25, 0.3) is 11.1 Å². The van der Waals surface area contributed by atoms with Crippen LogP contribution >= 0.6 is 11.3 Å². The lowest BCUT2D eigenvalue weighted by Gasteiger charge is -2.28. The first-order chi connectivity index (χ1) is 13.0. The number of sulfone groups is 1. The second-order valence-corrected chi connectivity index (χ2v) is 10.0. The van der Waals surface area contributed by atoms with Crippen molar-refractivity contribution in [2.24, 2.45) is 0 Å². The molecule has 27 heavy (non-hydrogen) atoms. The zero-order chi connectivity index (χ0) is 18.9. The molecule has 0 aromatic carbocycles. The molecule has 0 unspecified atom stereocenters. The predicted octanol–water partition coefficient (Wildman–Crippen LogP) is 1.56. The Bertz CT molecular complexity index is 921. The summed E-state index contributed by atoms with van der Waals surface area (Å²) in [5.41, 5.74) is 1.93. The number of nitrogens with zero attached hydrogens (tertiary/aromatic N) is 2. The molecule has 144 valence electrons. The maximum absolute atomic E-state index is 12.7. The highest BCUT2D eigenvalue weighted by atomic mass is 32.2. The zero-order valence-corrected chi connectivity index (χ0v) is 16.4. The van der Waals surface area contributed by atoms with Crippen LogP contribution in [0.2, 0.25) is 0 Å². The van der Waals surface area contributed by atoms with Gasteiger partial charge in [-0.05, 0) is 18.6 Å². The predicted molar refractivity (Wildman–Crippen MR) is 105 cm³/mol. The molecule has 0 spiro atoms. The second kappa shape index (κ2) is 7.57. The van der Waals surface area contributed by atoms with Gasteiger partial charge in [-0.2, -0.15) is 0 Å². The summed E-state index contributed by atoms with van der Waals surface area (Å²) in [6.07, 6.45) is 3.99. The van der Waals surface area contributed by atoms with Crippen molar-refractivity contribution in [3.63, 3.8) is 0 Å². The number of morpholine rings is 1. The molecule has 4 heterocycles. The highest BCUT2D eigenvalue weighted by Crippen LogP contribution is 2.39. The molecule has 2 aliphatic rings. The van der Waals surface area contributed by atoms with E-state index in [-0.39, 0.29) is 23.5 Å².